The zero-order chi connectivity index (χ0) is 14.7. The molecule has 1 unspecified atom stereocenters. The summed E-state index contributed by atoms with van der Waals surface area (Å²) in [4.78, 5) is 3.81. The van der Waals surface area contributed by atoms with Gasteiger partial charge in [0, 0.05) is 25.1 Å². The van der Waals surface area contributed by atoms with Gasteiger partial charge in [-0.1, -0.05) is 6.92 Å². The Morgan fingerprint density at radius 1 is 1.37 bits per heavy atom. The SMILES string of the molecule is CCNC(c1cnccc1C(F)(F)F)C(C)(C)OC. The molecular formula is C13H19F3N2O. The Balaban J connectivity index is 3.31. The molecule has 19 heavy (non-hydrogen) atoms. The smallest absolute Gasteiger partial charge is 0.377 e. The summed E-state index contributed by atoms with van der Waals surface area (Å²) in [5.74, 6) is 0. The van der Waals surface area contributed by atoms with Gasteiger partial charge in [-0.15, -0.1) is 0 Å². The van der Waals surface area contributed by atoms with E-state index >= 15 is 0 Å². The van der Waals surface area contributed by atoms with Gasteiger partial charge in [0.05, 0.1) is 17.2 Å². The van der Waals surface area contributed by atoms with Gasteiger partial charge in [-0.3, -0.25) is 4.98 Å². The third-order valence-electron chi connectivity index (χ3n) is 3.10. The van der Waals surface area contributed by atoms with Gasteiger partial charge in [-0.25, -0.2) is 0 Å². The van der Waals surface area contributed by atoms with E-state index in [9.17, 15) is 13.2 Å². The van der Waals surface area contributed by atoms with Crippen LogP contribution < -0.4 is 5.32 Å². The van der Waals surface area contributed by atoms with Crippen molar-refractivity contribution >= 4 is 0 Å². The van der Waals surface area contributed by atoms with Crippen molar-refractivity contribution in [3.05, 3.63) is 29.6 Å². The minimum atomic E-state index is -4.41. The molecule has 0 spiro atoms. The molecule has 0 aliphatic carbocycles. The lowest BCUT2D eigenvalue weighted by Gasteiger charge is -2.35. The van der Waals surface area contributed by atoms with Gasteiger partial charge >= 0.3 is 6.18 Å². The van der Waals surface area contributed by atoms with Crippen molar-refractivity contribution in [1.82, 2.24) is 10.3 Å². The van der Waals surface area contributed by atoms with Crippen LogP contribution >= 0.6 is 0 Å². The molecule has 6 heteroatoms. The lowest BCUT2D eigenvalue weighted by Crippen LogP contribution is -2.41. The van der Waals surface area contributed by atoms with E-state index in [-0.39, 0.29) is 5.56 Å². The molecule has 1 heterocycles. The predicted octanol–water partition coefficient (Wildman–Crippen LogP) is 3.18. The molecule has 1 atom stereocenters. The molecule has 108 valence electrons. The highest BCUT2D eigenvalue weighted by Gasteiger charge is 2.39. The van der Waals surface area contributed by atoms with Gasteiger partial charge in [-0.05, 0) is 26.5 Å². The first kappa shape index (κ1) is 15.9. The normalized spacial score (nSPS) is 14.5. The molecular weight excluding hydrogens is 257 g/mol. The first-order valence-corrected chi connectivity index (χ1v) is 6.03. The molecule has 1 N–H and O–H groups in total. The quantitative estimate of drug-likeness (QED) is 0.897. The number of halogens is 3. The molecule has 0 fully saturated rings. The van der Waals surface area contributed by atoms with Crippen molar-refractivity contribution in [2.45, 2.75) is 38.6 Å². The minimum Gasteiger partial charge on any atom is -0.377 e. The van der Waals surface area contributed by atoms with Crippen LogP contribution in [0, 0.1) is 0 Å². The third-order valence-corrected chi connectivity index (χ3v) is 3.10. The van der Waals surface area contributed by atoms with E-state index in [1.165, 1.54) is 13.3 Å². The molecule has 0 bridgehead atoms. The summed E-state index contributed by atoms with van der Waals surface area (Å²) in [7, 11) is 1.48. The van der Waals surface area contributed by atoms with Crippen LogP contribution in [0.1, 0.15) is 37.9 Å². The van der Waals surface area contributed by atoms with Crippen molar-refractivity contribution in [1.29, 1.82) is 0 Å². The van der Waals surface area contributed by atoms with E-state index in [0.717, 1.165) is 12.3 Å². The lowest BCUT2D eigenvalue weighted by molar-refractivity contribution is -0.139. The number of rotatable bonds is 5. The van der Waals surface area contributed by atoms with Crippen molar-refractivity contribution in [3.63, 3.8) is 0 Å². The number of hydrogen-bond donors (Lipinski definition) is 1. The Labute approximate surface area is 111 Å². The maximum absolute atomic E-state index is 13.0. The molecule has 0 saturated carbocycles. The number of pyridine rings is 1. The van der Waals surface area contributed by atoms with Gasteiger partial charge in [-0.2, -0.15) is 13.2 Å². The van der Waals surface area contributed by atoms with Crippen LogP contribution in [-0.4, -0.2) is 24.2 Å². The Bertz CT molecular complexity index is 419. The zero-order valence-corrected chi connectivity index (χ0v) is 11.5. The van der Waals surface area contributed by atoms with Crippen LogP contribution in [0.2, 0.25) is 0 Å². The van der Waals surface area contributed by atoms with Gasteiger partial charge in [0.15, 0.2) is 0 Å². The fourth-order valence-corrected chi connectivity index (χ4v) is 1.95. The number of likely N-dealkylation sites (N-methyl/N-ethyl adjacent to an activating group) is 1. The highest BCUT2D eigenvalue weighted by Crippen LogP contribution is 2.38. The zero-order valence-electron chi connectivity index (χ0n) is 11.5. The fraction of sp³-hybridized carbons (Fsp3) is 0.615. The Morgan fingerprint density at radius 3 is 2.47 bits per heavy atom. The number of nitrogens with zero attached hydrogens (tertiary/aromatic N) is 1. The van der Waals surface area contributed by atoms with Crippen molar-refractivity contribution in [3.8, 4) is 0 Å². The molecule has 1 aromatic heterocycles. The lowest BCUT2D eigenvalue weighted by atomic mass is 9.89. The van der Waals surface area contributed by atoms with Gasteiger partial charge < -0.3 is 10.1 Å². The molecule has 0 radical (unpaired) electrons. The monoisotopic (exact) mass is 276 g/mol. The summed E-state index contributed by atoms with van der Waals surface area (Å²) in [6.45, 7) is 5.85. The molecule has 0 aromatic carbocycles. The van der Waals surface area contributed by atoms with E-state index in [1.807, 2.05) is 6.92 Å². The topological polar surface area (TPSA) is 34.2 Å². The van der Waals surface area contributed by atoms with E-state index in [0.29, 0.717) is 6.54 Å². The molecule has 0 amide bonds. The van der Waals surface area contributed by atoms with Gasteiger partial charge in [0.25, 0.3) is 0 Å². The van der Waals surface area contributed by atoms with Crippen LogP contribution in [0.15, 0.2) is 18.5 Å². The summed E-state index contributed by atoms with van der Waals surface area (Å²) >= 11 is 0. The van der Waals surface area contributed by atoms with Crippen molar-refractivity contribution in [2.24, 2.45) is 0 Å². The Kier molecular flexibility index (Phi) is 4.92. The molecule has 1 aromatic rings. The van der Waals surface area contributed by atoms with E-state index < -0.39 is 23.4 Å². The van der Waals surface area contributed by atoms with Crippen LogP contribution in [0.3, 0.4) is 0 Å². The van der Waals surface area contributed by atoms with E-state index in [2.05, 4.69) is 10.3 Å². The number of nitrogens with one attached hydrogen (secondary N) is 1. The van der Waals surface area contributed by atoms with E-state index in [4.69, 9.17) is 4.74 Å². The molecule has 0 aliphatic rings. The first-order chi connectivity index (χ1) is 8.74. The second-order valence-electron chi connectivity index (χ2n) is 4.76. The third kappa shape index (κ3) is 3.67. The summed E-state index contributed by atoms with van der Waals surface area (Å²) in [5, 5.41) is 3.04. The second-order valence-corrected chi connectivity index (χ2v) is 4.76. The summed E-state index contributed by atoms with van der Waals surface area (Å²) < 4.78 is 44.5. The first-order valence-electron chi connectivity index (χ1n) is 6.03. The summed E-state index contributed by atoms with van der Waals surface area (Å²) in [6.07, 6.45) is -2.01. The number of ether oxygens (including phenoxy) is 1. The average molecular weight is 276 g/mol. The predicted molar refractivity (Wildman–Crippen MR) is 66.7 cm³/mol. The van der Waals surface area contributed by atoms with Crippen molar-refractivity contribution < 1.29 is 17.9 Å². The highest BCUT2D eigenvalue weighted by molar-refractivity contribution is 5.31. The Morgan fingerprint density at radius 2 is 2.00 bits per heavy atom. The number of hydrogen-bond acceptors (Lipinski definition) is 3. The standard InChI is InChI=1S/C13H19F3N2O/c1-5-18-11(12(2,3)19-4)9-8-17-7-6-10(9)13(14,15)16/h6-8,11,18H,5H2,1-4H3. The van der Waals surface area contributed by atoms with Crippen LogP contribution in [-0.2, 0) is 10.9 Å². The number of methoxy groups -OCH3 is 1. The maximum atomic E-state index is 13.0. The molecule has 0 saturated heterocycles. The van der Waals surface area contributed by atoms with Crippen molar-refractivity contribution in [2.75, 3.05) is 13.7 Å². The Hall–Kier alpha value is -1.14. The van der Waals surface area contributed by atoms with Gasteiger partial charge in [0.1, 0.15) is 0 Å². The van der Waals surface area contributed by atoms with Crippen LogP contribution in [0.4, 0.5) is 13.2 Å². The highest BCUT2D eigenvalue weighted by atomic mass is 19.4. The molecule has 3 nitrogen and oxygen atoms in total. The molecule has 0 aliphatic heterocycles. The van der Waals surface area contributed by atoms with Crippen LogP contribution in [0.5, 0.6) is 0 Å². The number of alkyl halides is 3. The fourth-order valence-electron chi connectivity index (χ4n) is 1.95. The average Bonchev–Trinajstić information content (AvgIpc) is 2.34. The number of aromatic nitrogens is 1. The largest absolute Gasteiger partial charge is 0.416 e. The van der Waals surface area contributed by atoms with E-state index in [1.54, 1.807) is 13.8 Å². The maximum Gasteiger partial charge on any atom is 0.416 e. The van der Waals surface area contributed by atoms with Gasteiger partial charge in [0.2, 0.25) is 0 Å². The summed E-state index contributed by atoms with van der Waals surface area (Å²) in [5.41, 5.74) is -1.36. The minimum absolute atomic E-state index is 0.101. The summed E-state index contributed by atoms with van der Waals surface area (Å²) in [6, 6.07) is 0.402. The molecule has 1 rings (SSSR count). The van der Waals surface area contributed by atoms with Crippen LogP contribution in [0.25, 0.3) is 0 Å². The second kappa shape index (κ2) is 5.88.